The highest BCUT2D eigenvalue weighted by Gasteiger charge is 2.10. The number of anilines is 3. The van der Waals surface area contributed by atoms with E-state index >= 15 is 0 Å². The van der Waals surface area contributed by atoms with Crippen LogP contribution in [0.5, 0.6) is 0 Å². The van der Waals surface area contributed by atoms with Crippen molar-refractivity contribution in [2.24, 2.45) is 0 Å². The number of esters is 1. The minimum atomic E-state index is -0.455. The van der Waals surface area contributed by atoms with Crippen molar-refractivity contribution in [3.05, 3.63) is 83.9 Å². The Labute approximate surface area is 155 Å². The maximum absolute atomic E-state index is 13.7. The van der Waals surface area contributed by atoms with Gasteiger partial charge in [-0.1, -0.05) is 12.1 Å². The van der Waals surface area contributed by atoms with Gasteiger partial charge in [-0.25, -0.2) is 9.18 Å². The minimum Gasteiger partial charge on any atom is -0.465 e. The number of aromatic nitrogens is 1. The quantitative estimate of drug-likeness (QED) is 0.668. The molecule has 0 aliphatic carbocycles. The summed E-state index contributed by atoms with van der Waals surface area (Å²) in [6, 6.07) is 14.1. The summed E-state index contributed by atoms with van der Waals surface area (Å²) < 4.78 is 18.4. The summed E-state index contributed by atoms with van der Waals surface area (Å²) in [5.74, 6) is -1.24. The van der Waals surface area contributed by atoms with Gasteiger partial charge >= 0.3 is 5.97 Å². The van der Waals surface area contributed by atoms with Crippen molar-refractivity contribution in [2.45, 2.75) is 0 Å². The summed E-state index contributed by atoms with van der Waals surface area (Å²) in [5, 5.41) is 5.60. The molecule has 0 atom stereocenters. The van der Waals surface area contributed by atoms with Gasteiger partial charge in [0.15, 0.2) is 0 Å². The lowest BCUT2D eigenvalue weighted by atomic mass is 10.2. The van der Waals surface area contributed by atoms with Gasteiger partial charge in [0.05, 0.1) is 35.8 Å². The number of halogens is 1. The Kier molecular flexibility index (Phi) is 5.41. The minimum absolute atomic E-state index is 0.287. The van der Waals surface area contributed by atoms with Gasteiger partial charge in [-0.15, -0.1) is 0 Å². The van der Waals surface area contributed by atoms with Crippen molar-refractivity contribution in [3.63, 3.8) is 0 Å². The topological polar surface area (TPSA) is 80.3 Å². The normalized spacial score (nSPS) is 10.1. The highest BCUT2D eigenvalue weighted by molar-refractivity contribution is 6.04. The molecule has 2 N–H and O–H groups in total. The molecule has 0 saturated heterocycles. The van der Waals surface area contributed by atoms with Gasteiger partial charge in [-0.3, -0.25) is 9.78 Å². The first-order valence-corrected chi connectivity index (χ1v) is 8.03. The second kappa shape index (κ2) is 8.09. The standard InChI is InChI=1S/C20H16FN3O3/c1-27-20(26)13-6-8-15(9-7-13)24-19(25)14-10-16(12-22-11-14)23-18-5-3-2-4-17(18)21/h2-12,23H,1H3,(H,24,25). The molecule has 0 spiro atoms. The van der Waals surface area contributed by atoms with Crippen LogP contribution in [-0.2, 0) is 4.74 Å². The largest absolute Gasteiger partial charge is 0.465 e. The first-order chi connectivity index (χ1) is 13.1. The van der Waals surface area contributed by atoms with Crippen LogP contribution in [0.2, 0.25) is 0 Å². The van der Waals surface area contributed by atoms with Crippen LogP contribution in [0.15, 0.2) is 67.0 Å². The third kappa shape index (κ3) is 4.46. The van der Waals surface area contributed by atoms with E-state index in [2.05, 4.69) is 20.4 Å². The Morgan fingerprint density at radius 2 is 1.70 bits per heavy atom. The van der Waals surface area contributed by atoms with Crippen LogP contribution >= 0.6 is 0 Å². The second-order valence-corrected chi connectivity index (χ2v) is 5.59. The fourth-order valence-corrected chi connectivity index (χ4v) is 2.36. The Bertz CT molecular complexity index is 974. The number of amides is 1. The molecule has 1 aromatic heterocycles. The number of hydrogen-bond acceptors (Lipinski definition) is 5. The number of nitrogens with zero attached hydrogens (tertiary/aromatic N) is 1. The van der Waals surface area contributed by atoms with Gasteiger partial charge in [0, 0.05) is 11.9 Å². The van der Waals surface area contributed by atoms with E-state index in [0.717, 1.165) is 0 Å². The zero-order valence-electron chi connectivity index (χ0n) is 14.4. The zero-order chi connectivity index (χ0) is 19.2. The van der Waals surface area contributed by atoms with E-state index in [1.165, 1.54) is 25.6 Å². The van der Waals surface area contributed by atoms with E-state index in [4.69, 9.17) is 0 Å². The van der Waals surface area contributed by atoms with Crippen LogP contribution in [0.25, 0.3) is 0 Å². The van der Waals surface area contributed by atoms with Crippen LogP contribution in [0.4, 0.5) is 21.5 Å². The average Bonchev–Trinajstić information content (AvgIpc) is 2.70. The van der Waals surface area contributed by atoms with Crippen LogP contribution < -0.4 is 10.6 Å². The maximum atomic E-state index is 13.7. The fraction of sp³-hybridized carbons (Fsp3) is 0.0500. The van der Waals surface area contributed by atoms with Crippen LogP contribution in [0, 0.1) is 5.82 Å². The molecule has 0 aliphatic heterocycles. The molecular weight excluding hydrogens is 349 g/mol. The number of nitrogens with one attached hydrogen (secondary N) is 2. The van der Waals surface area contributed by atoms with E-state index in [0.29, 0.717) is 22.5 Å². The molecule has 0 bridgehead atoms. The molecule has 3 rings (SSSR count). The van der Waals surface area contributed by atoms with E-state index in [1.807, 2.05) is 0 Å². The predicted molar refractivity (Wildman–Crippen MR) is 99.7 cm³/mol. The summed E-state index contributed by atoms with van der Waals surface area (Å²) in [6.45, 7) is 0. The molecule has 136 valence electrons. The van der Waals surface area contributed by atoms with Gasteiger partial charge < -0.3 is 15.4 Å². The van der Waals surface area contributed by atoms with Gasteiger partial charge in [-0.2, -0.15) is 0 Å². The van der Waals surface area contributed by atoms with Crippen molar-refractivity contribution in [1.29, 1.82) is 0 Å². The Morgan fingerprint density at radius 3 is 2.41 bits per heavy atom. The molecule has 0 fully saturated rings. The second-order valence-electron chi connectivity index (χ2n) is 5.59. The summed E-state index contributed by atoms with van der Waals surface area (Å²) in [6.07, 6.45) is 2.90. The lowest BCUT2D eigenvalue weighted by Gasteiger charge is -2.09. The zero-order valence-corrected chi connectivity index (χ0v) is 14.4. The number of carbonyl (C=O) groups excluding carboxylic acids is 2. The molecule has 0 aliphatic rings. The number of ether oxygens (including phenoxy) is 1. The van der Waals surface area contributed by atoms with E-state index < -0.39 is 11.8 Å². The van der Waals surface area contributed by atoms with E-state index in [9.17, 15) is 14.0 Å². The molecule has 6 nitrogen and oxygen atoms in total. The molecule has 0 saturated carbocycles. The van der Waals surface area contributed by atoms with Crippen molar-refractivity contribution in [1.82, 2.24) is 4.98 Å². The summed E-state index contributed by atoms with van der Waals surface area (Å²) in [4.78, 5) is 27.9. The number of benzene rings is 2. The Morgan fingerprint density at radius 1 is 0.963 bits per heavy atom. The summed E-state index contributed by atoms with van der Waals surface area (Å²) in [5.41, 5.74) is 1.96. The van der Waals surface area contributed by atoms with Crippen molar-refractivity contribution < 1.29 is 18.7 Å². The number of rotatable bonds is 5. The molecule has 0 radical (unpaired) electrons. The molecule has 27 heavy (non-hydrogen) atoms. The van der Waals surface area contributed by atoms with E-state index in [1.54, 1.807) is 48.5 Å². The number of pyridine rings is 1. The molecular formula is C20H16FN3O3. The number of methoxy groups -OCH3 is 1. The number of hydrogen-bond donors (Lipinski definition) is 2. The summed E-state index contributed by atoms with van der Waals surface area (Å²) in [7, 11) is 1.30. The SMILES string of the molecule is COC(=O)c1ccc(NC(=O)c2cncc(Nc3ccccc3F)c2)cc1. The fourth-order valence-electron chi connectivity index (χ4n) is 2.36. The smallest absolute Gasteiger partial charge is 0.337 e. The highest BCUT2D eigenvalue weighted by atomic mass is 19.1. The molecule has 0 unspecified atom stereocenters. The van der Waals surface area contributed by atoms with Crippen molar-refractivity contribution >= 4 is 28.9 Å². The first-order valence-electron chi connectivity index (χ1n) is 8.03. The highest BCUT2D eigenvalue weighted by Crippen LogP contribution is 2.20. The Balaban J connectivity index is 1.72. The van der Waals surface area contributed by atoms with Crippen LogP contribution in [-0.4, -0.2) is 24.0 Å². The van der Waals surface area contributed by atoms with Gasteiger partial charge in [0.2, 0.25) is 0 Å². The molecule has 1 amide bonds. The lowest BCUT2D eigenvalue weighted by Crippen LogP contribution is -2.13. The van der Waals surface area contributed by atoms with Crippen molar-refractivity contribution in [3.8, 4) is 0 Å². The van der Waals surface area contributed by atoms with Gasteiger partial charge in [-0.05, 0) is 42.5 Å². The number of carbonyl (C=O) groups is 2. The first kappa shape index (κ1) is 18.1. The maximum Gasteiger partial charge on any atom is 0.337 e. The monoisotopic (exact) mass is 365 g/mol. The molecule has 2 aromatic carbocycles. The number of para-hydroxylation sites is 1. The molecule has 3 aromatic rings. The molecule has 7 heteroatoms. The lowest BCUT2D eigenvalue weighted by molar-refractivity contribution is 0.0600. The molecule has 1 heterocycles. The Hall–Kier alpha value is -3.74. The van der Waals surface area contributed by atoms with E-state index in [-0.39, 0.29) is 11.6 Å². The van der Waals surface area contributed by atoms with Crippen LogP contribution in [0.1, 0.15) is 20.7 Å². The third-order valence-corrected chi connectivity index (χ3v) is 3.72. The van der Waals surface area contributed by atoms with Gasteiger partial charge in [0.1, 0.15) is 5.82 Å². The average molecular weight is 365 g/mol. The summed E-state index contributed by atoms with van der Waals surface area (Å²) >= 11 is 0. The van der Waals surface area contributed by atoms with Gasteiger partial charge in [0.25, 0.3) is 5.91 Å². The predicted octanol–water partition coefficient (Wildman–Crippen LogP) is 4.00. The van der Waals surface area contributed by atoms with Crippen molar-refractivity contribution in [2.75, 3.05) is 17.7 Å². The third-order valence-electron chi connectivity index (χ3n) is 3.72. The van der Waals surface area contributed by atoms with Crippen LogP contribution in [0.3, 0.4) is 0 Å².